The third kappa shape index (κ3) is 7.32. The maximum absolute atomic E-state index is 10.5. The molecular formula is C23H28O5. The standard InChI is InChI=1S/C23H28O5/c24-18(13-12-17-8-4-3-5-9-17)14-15-20-19(21(25)16-22(20)26)10-6-1-2-7-11-23(27)28/h1,3-6,8-9,14-15,18-22,24-26H,2,7,10-11,16H2,(H,27,28)/b6-1-,15-14+/t18-,19+,20+,21-,22+/m0/s1. The molecule has 0 radical (unpaired) electrons. The van der Waals surface area contributed by atoms with Gasteiger partial charge in [-0.05, 0) is 43.4 Å². The normalized spacial score (nSPS) is 25.7. The third-order valence-corrected chi connectivity index (χ3v) is 4.91. The Morgan fingerprint density at radius 2 is 1.93 bits per heavy atom. The molecule has 1 aliphatic rings. The summed E-state index contributed by atoms with van der Waals surface area (Å²) in [7, 11) is 0. The Morgan fingerprint density at radius 3 is 2.64 bits per heavy atom. The highest BCUT2D eigenvalue weighted by atomic mass is 16.4. The number of carboxylic acid groups (broad SMARTS) is 1. The maximum atomic E-state index is 10.5. The maximum Gasteiger partial charge on any atom is 0.303 e. The molecule has 0 bridgehead atoms. The Balaban J connectivity index is 1.90. The van der Waals surface area contributed by atoms with Crippen LogP contribution in [0.15, 0.2) is 54.6 Å². The number of hydrogen-bond donors (Lipinski definition) is 4. The van der Waals surface area contributed by atoms with Gasteiger partial charge in [-0.15, -0.1) is 0 Å². The van der Waals surface area contributed by atoms with E-state index in [1.54, 1.807) is 12.2 Å². The summed E-state index contributed by atoms with van der Waals surface area (Å²) in [5, 5.41) is 39.1. The van der Waals surface area contributed by atoms with Gasteiger partial charge in [0.2, 0.25) is 0 Å². The van der Waals surface area contributed by atoms with Crippen LogP contribution in [-0.4, -0.2) is 44.7 Å². The molecule has 1 aromatic rings. The van der Waals surface area contributed by atoms with Crippen molar-refractivity contribution in [3.05, 3.63) is 60.2 Å². The summed E-state index contributed by atoms with van der Waals surface area (Å²) < 4.78 is 0. The van der Waals surface area contributed by atoms with Gasteiger partial charge < -0.3 is 20.4 Å². The molecule has 0 heterocycles. The van der Waals surface area contributed by atoms with Gasteiger partial charge in [0.05, 0.1) is 12.2 Å². The molecular weight excluding hydrogens is 356 g/mol. The van der Waals surface area contributed by atoms with Gasteiger partial charge in [-0.1, -0.05) is 48.3 Å². The van der Waals surface area contributed by atoms with Gasteiger partial charge in [-0.3, -0.25) is 4.79 Å². The number of hydrogen-bond acceptors (Lipinski definition) is 4. The first-order chi connectivity index (χ1) is 13.5. The first kappa shape index (κ1) is 21.9. The first-order valence-electron chi connectivity index (χ1n) is 9.63. The fourth-order valence-electron chi connectivity index (χ4n) is 3.41. The lowest BCUT2D eigenvalue weighted by Crippen LogP contribution is -2.20. The number of allylic oxidation sites excluding steroid dienone is 2. The Labute approximate surface area is 166 Å². The van der Waals surface area contributed by atoms with E-state index in [0.717, 1.165) is 5.56 Å². The fraction of sp³-hybridized carbons (Fsp3) is 0.435. The van der Waals surface area contributed by atoms with Crippen molar-refractivity contribution in [1.29, 1.82) is 0 Å². The van der Waals surface area contributed by atoms with Crippen LogP contribution in [0.5, 0.6) is 0 Å². The Hall–Kier alpha value is -2.39. The largest absolute Gasteiger partial charge is 0.481 e. The van der Waals surface area contributed by atoms with Crippen molar-refractivity contribution >= 4 is 5.97 Å². The van der Waals surface area contributed by atoms with Crippen LogP contribution in [0.25, 0.3) is 0 Å². The molecule has 5 nitrogen and oxygen atoms in total. The van der Waals surface area contributed by atoms with E-state index in [1.807, 2.05) is 42.5 Å². The predicted molar refractivity (Wildman–Crippen MR) is 107 cm³/mol. The summed E-state index contributed by atoms with van der Waals surface area (Å²) in [4.78, 5) is 10.5. The number of carbonyl (C=O) groups is 1. The highest BCUT2D eigenvalue weighted by Crippen LogP contribution is 2.36. The van der Waals surface area contributed by atoms with E-state index < -0.39 is 24.3 Å². The first-order valence-corrected chi connectivity index (χ1v) is 9.63. The summed E-state index contributed by atoms with van der Waals surface area (Å²) >= 11 is 0. The predicted octanol–water partition coefficient (Wildman–Crippen LogP) is 2.51. The zero-order chi connectivity index (χ0) is 20.4. The number of rotatable bonds is 8. The van der Waals surface area contributed by atoms with Crippen molar-refractivity contribution in [2.75, 3.05) is 0 Å². The fourth-order valence-corrected chi connectivity index (χ4v) is 3.41. The lowest BCUT2D eigenvalue weighted by molar-refractivity contribution is -0.137. The van der Waals surface area contributed by atoms with Gasteiger partial charge in [0.1, 0.15) is 6.10 Å². The minimum absolute atomic E-state index is 0.141. The monoisotopic (exact) mass is 384 g/mol. The van der Waals surface area contributed by atoms with Crippen LogP contribution < -0.4 is 0 Å². The average Bonchev–Trinajstić information content (AvgIpc) is 2.94. The zero-order valence-electron chi connectivity index (χ0n) is 15.8. The van der Waals surface area contributed by atoms with Crippen molar-refractivity contribution in [1.82, 2.24) is 0 Å². The third-order valence-electron chi connectivity index (χ3n) is 4.91. The molecule has 1 aliphatic carbocycles. The molecule has 150 valence electrons. The minimum atomic E-state index is -0.947. The Bertz CT molecular complexity index is 728. The smallest absolute Gasteiger partial charge is 0.303 e. The molecule has 0 unspecified atom stereocenters. The SMILES string of the molecule is O=C(O)CCC/C=C\C[C@@H]1[C@@H](/C=C/[C@@H](O)C#Cc2ccccc2)[C@H](O)C[C@@H]1O. The van der Waals surface area contributed by atoms with E-state index >= 15 is 0 Å². The quantitative estimate of drug-likeness (QED) is 0.314. The van der Waals surface area contributed by atoms with Crippen molar-refractivity contribution in [3.63, 3.8) is 0 Å². The molecule has 0 aliphatic heterocycles. The summed E-state index contributed by atoms with van der Waals surface area (Å²) in [6, 6.07) is 9.37. The minimum Gasteiger partial charge on any atom is -0.481 e. The second-order valence-corrected chi connectivity index (χ2v) is 7.07. The summed E-state index contributed by atoms with van der Waals surface area (Å²) in [5.41, 5.74) is 0.817. The summed E-state index contributed by atoms with van der Waals surface area (Å²) in [6.07, 6.45) is 7.22. The average molecular weight is 384 g/mol. The van der Waals surface area contributed by atoms with Crippen molar-refractivity contribution in [2.45, 2.75) is 50.4 Å². The van der Waals surface area contributed by atoms with Crippen LogP contribution in [0.2, 0.25) is 0 Å². The number of unbranched alkanes of at least 4 members (excludes halogenated alkanes) is 1. The molecule has 1 fully saturated rings. The molecule has 1 aromatic carbocycles. The van der Waals surface area contributed by atoms with Crippen LogP contribution in [0.1, 0.15) is 37.7 Å². The molecule has 1 saturated carbocycles. The topological polar surface area (TPSA) is 98.0 Å². The number of carboxylic acids is 1. The number of benzene rings is 1. The van der Waals surface area contributed by atoms with Crippen LogP contribution >= 0.6 is 0 Å². The molecule has 0 amide bonds. The Morgan fingerprint density at radius 1 is 1.18 bits per heavy atom. The van der Waals surface area contributed by atoms with E-state index in [9.17, 15) is 20.1 Å². The van der Waals surface area contributed by atoms with Gasteiger partial charge in [-0.2, -0.15) is 0 Å². The van der Waals surface area contributed by atoms with Gasteiger partial charge in [-0.25, -0.2) is 0 Å². The molecule has 0 spiro atoms. The van der Waals surface area contributed by atoms with E-state index in [1.165, 1.54) is 0 Å². The lowest BCUT2D eigenvalue weighted by atomic mass is 9.89. The number of aliphatic hydroxyl groups excluding tert-OH is 3. The summed E-state index contributed by atoms with van der Waals surface area (Å²) in [6.45, 7) is 0. The summed E-state index contributed by atoms with van der Waals surface area (Å²) in [5.74, 6) is 4.44. The van der Waals surface area contributed by atoms with Crippen LogP contribution in [0.3, 0.4) is 0 Å². The van der Waals surface area contributed by atoms with Crippen molar-refractivity contribution in [2.24, 2.45) is 11.8 Å². The molecule has 28 heavy (non-hydrogen) atoms. The molecule has 4 N–H and O–H groups in total. The van der Waals surface area contributed by atoms with E-state index in [2.05, 4.69) is 11.8 Å². The second kappa shape index (κ2) is 11.5. The van der Waals surface area contributed by atoms with E-state index in [4.69, 9.17) is 5.11 Å². The second-order valence-electron chi connectivity index (χ2n) is 7.07. The number of aliphatic hydroxyl groups is 3. The zero-order valence-corrected chi connectivity index (χ0v) is 15.8. The van der Waals surface area contributed by atoms with Gasteiger partial charge in [0.25, 0.3) is 0 Å². The van der Waals surface area contributed by atoms with Gasteiger partial charge in [0.15, 0.2) is 0 Å². The molecule has 2 rings (SSSR count). The van der Waals surface area contributed by atoms with E-state index in [-0.39, 0.29) is 18.3 Å². The van der Waals surface area contributed by atoms with Crippen LogP contribution in [0, 0.1) is 23.7 Å². The highest BCUT2D eigenvalue weighted by Gasteiger charge is 2.39. The molecule has 5 heteroatoms. The van der Waals surface area contributed by atoms with Gasteiger partial charge in [0, 0.05) is 24.3 Å². The molecule has 5 atom stereocenters. The van der Waals surface area contributed by atoms with E-state index in [0.29, 0.717) is 25.7 Å². The Kier molecular flexibility index (Phi) is 8.96. The van der Waals surface area contributed by atoms with Crippen molar-refractivity contribution in [3.8, 4) is 11.8 Å². The molecule has 0 saturated heterocycles. The lowest BCUT2D eigenvalue weighted by Gasteiger charge is -2.19. The highest BCUT2D eigenvalue weighted by molar-refractivity contribution is 5.66. The van der Waals surface area contributed by atoms with Crippen molar-refractivity contribution < 1.29 is 25.2 Å². The molecule has 0 aromatic heterocycles. The van der Waals surface area contributed by atoms with Crippen LogP contribution in [-0.2, 0) is 4.79 Å². The van der Waals surface area contributed by atoms with Gasteiger partial charge >= 0.3 is 5.97 Å². The van der Waals surface area contributed by atoms with Crippen LogP contribution in [0.4, 0.5) is 0 Å². The number of aliphatic carboxylic acids is 1.